The molecule has 100 valence electrons. The standard InChI is InChI=1S/C14H28N2O/c1-11(5-4-10-17)16-14-7-2-6-12(14)13-8-3-9-15-13/h11-17H,2-10H2,1H3. The second kappa shape index (κ2) is 6.72. The molecule has 1 saturated carbocycles. The first kappa shape index (κ1) is 13.3. The van der Waals surface area contributed by atoms with Crippen LogP contribution in [0.2, 0.25) is 0 Å². The maximum absolute atomic E-state index is 8.86. The molecule has 0 radical (unpaired) electrons. The van der Waals surface area contributed by atoms with Crippen molar-refractivity contribution in [3.8, 4) is 0 Å². The van der Waals surface area contributed by atoms with Gasteiger partial charge in [-0.05, 0) is 57.9 Å². The zero-order valence-electron chi connectivity index (χ0n) is 11.1. The van der Waals surface area contributed by atoms with Gasteiger partial charge in [-0.15, -0.1) is 0 Å². The molecule has 1 heterocycles. The average molecular weight is 240 g/mol. The molecule has 0 spiro atoms. The third kappa shape index (κ3) is 3.67. The first-order valence-corrected chi connectivity index (χ1v) is 7.41. The summed E-state index contributed by atoms with van der Waals surface area (Å²) in [5, 5.41) is 16.3. The van der Waals surface area contributed by atoms with Crippen molar-refractivity contribution in [2.75, 3.05) is 13.2 Å². The molecule has 2 fully saturated rings. The zero-order chi connectivity index (χ0) is 12.1. The second-order valence-corrected chi connectivity index (χ2v) is 5.84. The van der Waals surface area contributed by atoms with E-state index in [2.05, 4.69) is 17.6 Å². The van der Waals surface area contributed by atoms with Crippen molar-refractivity contribution in [1.29, 1.82) is 0 Å². The summed E-state index contributed by atoms with van der Waals surface area (Å²) >= 11 is 0. The van der Waals surface area contributed by atoms with Crippen LogP contribution in [0.25, 0.3) is 0 Å². The van der Waals surface area contributed by atoms with E-state index in [4.69, 9.17) is 5.11 Å². The van der Waals surface area contributed by atoms with Crippen LogP contribution in [0.5, 0.6) is 0 Å². The number of nitrogens with one attached hydrogen (secondary N) is 2. The maximum atomic E-state index is 8.86. The zero-order valence-corrected chi connectivity index (χ0v) is 11.1. The maximum Gasteiger partial charge on any atom is 0.0431 e. The predicted molar refractivity (Wildman–Crippen MR) is 71.1 cm³/mol. The highest BCUT2D eigenvalue weighted by Crippen LogP contribution is 2.32. The predicted octanol–water partition coefficient (Wildman–Crippen LogP) is 1.66. The lowest BCUT2D eigenvalue weighted by Gasteiger charge is -2.29. The van der Waals surface area contributed by atoms with Crippen LogP contribution in [0.3, 0.4) is 0 Å². The molecule has 3 nitrogen and oxygen atoms in total. The van der Waals surface area contributed by atoms with Crippen molar-refractivity contribution in [2.45, 2.75) is 70.0 Å². The molecule has 3 heteroatoms. The first-order valence-electron chi connectivity index (χ1n) is 7.41. The fraction of sp³-hybridized carbons (Fsp3) is 1.00. The summed E-state index contributed by atoms with van der Waals surface area (Å²) in [4.78, 5) is 0. The van der Waals surface area contributed by atoms with E-state index in [0.29, 0.717) is 18.7 Å². The van der Waals surface area contributed by atoms with E-state index in [-0.39, 0.29) is 0 Å². The molecule has 1 saturated heterocycles. The highest BCUT2D eigenvalue weighted by molar-refractivity contribution is 4.93. The molecule has 17 heavy (non-hydrogen) atoms. The van der Waals surface area contributed by atoms with Gasteiger partial charge >= 0.3 is 0 Å². The van der Waals surface area contributed by atoms with Gasteiger partial charge in [-0.3, -0.25) is 0 Å². The molecular formula is C14H28N2O. The van der Waals surface area contributed by atoms with Gasteiger partial charge in [-0.1, -0.05) is 6.42 Å². The Kier molecular flexibility index (Phi) is 5.26. The van der Waals surface area contributed by atoms with Crippen LogP contribution >= 0.6 is 0 Å². The fourth-order valence-electron chi connectivity index (χ4n) is 3.60. The Bertz CT molecular complexity index is 216. The van der Waals surface area contributed by atoms with Gasteiger partial charge < -0.3 is 15.7 Å². The second-order valence-electron chi connectivity index (χ2n) is 5.84. The fourth-order valence-corrected chi connectivity index (χ4v) is 3.60. The summed E-state index contributed by atoms with van der Waals surface area (Å²) in [5.41, 5.74) is 0. The molecule has 1 aliphatic carbocycles. The molecule has 1 aliphatic heterocycles. The van der Waals surface area contributed by atoms with Gasteiger partial charge in [-0.25, -0.2) is 0 Å². The Balaban J connectivity index is 1.78. The number of aliphatic hydroxyl groups excluding tert-OH is 1. The van der Waals surface area contributed by atoms with Gasteiger partial charge in [0.1, 0.15) is 0 Å². The van der Waals surface area contributed by atoms with Crippen molar-refractivity contribution in [2.24, 2.45) is 5.92 Å². The minimum Gasteiger partial charge on any atom is -0.396 e. The van der Waals surface area contributed by atoms with E-state index in [1.54, 1.807) is 0 Å². The van der Waals surface area contributed by atoms with E-state index in [9.17, 15) is 0 Å². The largest absolute Gasteiger partial charge is 0.396 e. The van der Waals surface area contributed by atoms with Gasteiger partial charge in [0.15, 0.2) is 0 Å². The van der Waals surface area contributed by atoms with Crippen molar-refractivity contribution < 1.29 is 5.11 Å². The first-order chi connectivity index (χ1) is 8.31. The van der Waals surface area contributed by atoms with Gasteiger partial charge in [-0.2, -0.15) is 0 Å². The molecule has 2 rings (SSSR count). The summed E-state index contributed by atoms with van der Waals surface area (Å²) in [7, 11) is 0. The van der Waals surface area contributed by atoms with Crippen molar-refractivity contribution in [1.82, 2.24) is 10.6 Å². The third-order valence-corrected chi connectivity index (χ3v) is 4.48. The van der Waals surface area contributed by atoms with Crippen LogP contribution in [0.4, 0.5) is 0 Å². The lowest BCUT2D eigenvalue weighted by molar-refractivity contribution is 0.261. The monoisotopic (exact) mass is 240 g/mol. The smallest absolute Gasteiger partial charge is 0.0431 e. The Morgan fingerprint density at radius 3 is 2.88 bits per heavy atom. The molecule has 4 unspecified atom stereocenters. The topological polar surface area (TPSA) is 44.3 Å². The number of hydrogen-bond acceptors (Lipinski definition) is 3. The summed E-state index contributed by atoms with van der Waals surface area (Å²) in [6.07, 6.45) is 8.86. The number of hydrogen-bond donors (Lipinski definition) is 3. The molecule has 2 aliphatic rings. The van der Waals surface area contributed by atoms with Crippen molar-refractivity contribution >= 4 is 0 Å². The van der Waals surface area contributed by atoms with Crippen LogP contribution in [-0.4, -0.2) is 36.4 Å². The summed E-state index contributed by atoms with van der Waals surface area (Å²) in [5.74, 6) is 0.842. The molecule has 0 aromatic carbocycles. The average Bonchev–Trinajstić information content (AvgIpc) is 2.95. The highest BCUT2D eigenvalue weighted by Gasteiger charge is 2.35. The molecule has 0 aromatic heterocycles. The molecular weight excluding hydrogens is 212 g/mol. The van der Waals surface area contributed by atoms with Crippen LogP contribution in [-0.2, 0) is 0 Å². The van der Waals surface area contributed by atoms with Gasteiger partial charge in [0.05, 0.1) is 0 Å². The SMILES string of the molecule is CC(CCCO)NC1CCCC1C1CCCN1. The Morgan fingerprint density at radius 1 is 1.29 bits per heavy atom. The van der Waals surface area contributed by atoms with Gasteiger partial charge in [0, 0.05) is 24.7 Å². The Hall–Kier alpha value is -0.120. The van der Waals surface area contributed by atoms with E-state index >= 15 is 0 Å². The van der Waals surface area contributed by atoms with Crippen molar-refractivity contribution in [3.05, 3.63) is 0 Å². The summed E-state index contributed by atoms with van der Waals surface area (Å²) in [6.45, 7) is 3.80. The number of rotatable bonds is 6. The van der Waals surface area contributed by atoms with Crippen LogP contribution < -0.4 is 10.6 Å². The highest BCUT2D eigenvalue weighted by atomic mass is 16.2. The third-order valence-electron chi connectivity index (χ3n) is 4.48. The number of aliphatic hydroxyl groups is 1. The van der Waals surface area contributed by atoms with Crippen LogP contribution in [0.1, 0.15) is 51.9 Å². The molecule has 0 aromatic rings. The quantitative estimate of drug-likeness (QED) is 0.661. The summed E-state index contributed by atoms with van der Waals surface area (Å²) in [6, 6.07) is 2.02. The molecule has 0 amide bonds. The molecule has 3 N–H and O–H groups in total. The normalized spacial score (nSPS) is 35.3. The van der Waals surface area contributed by atoms with E-state index < -0.39 is 0 Å². The minimum absolute atomic E-state index is 0.324. The van der Waals surface area contributed by atoms with E-state index in [1.807, 2.05) is 0 Å². The van der Waals surface area contributed by atoms with Crippen molar-refractivity contribution in [3.63, 3.8) is 0 Å². The van der Waals surface area contributed by atoms with Gasteiger partial charge in [0.2, 0.25) is 0 Å². The minimum atomic E-state index is 0.324. The van der Waals surface area contributed by atoms with E-state index in [1.165, 1.54) is 38.6 Å². The lowest BCUT2D eigenvalue weighted by atomic mass is 9.92. The van der Waals surface area contributed by atoms with Crippen LogP contribution in [0, 0.1) is 5.92 Å². The molecule has 4 atom stereocenters. The molecule has 0 bridgehead atoms. The Labute approximate surface area is 105 Å². The lowest BCUT2D eigenvalue weighted by Crippen LogP contribution is -2.45. The van der Waals surface area contributed by atoms with Gasteiger partial charge in [0.25, 0.3) is 0 Å². The summed E-state index contributed by atoms with van der Waals surface area (Å²) < 4.78 is 0. The van der Waals surface area contributed by atoms with E-state index in [0.717, 1.165) is 24.8 Å². The Morgan fingerprint density at radius 2 is 2.18 bits per heavy atom. The van der Waals surface area contributed by atoms with Crippen LogP contribution in [0.15, 0.2) is 0 Å².